The second kappa shape index (κ2) is 7.63. The number of ether oxygens (including phenoxy) is 1. The molecule has 0 unspecified atom stereocenters. The van der Waals surface area contributed by atoms with Gasteiger partial charge in [-0.3, -0.25) is 4.72 Å². The molecule has 0 radical (unpaired) electrons. The summed E-state index contributed by atoms with van der Waals surface area (Å²) in [6.07, 6.45) is 1.50. The molecule has 0 spiro atoms. The van der Waals surface area contributed by atoms with Gasteiger partial charge in [0.1, 0.15) is 17.4 Å². The Balaban J connectivity index is 1.76. The summed E-state index contributed by atoms with van der Waals surface area (Å²) in [5.41, 5.74) is 1.68. The molecule has 0 aliphatic heterocycles. The van der Waals surface area contributed by atoms with Gasteiger partial charge in [0, 0.05) is 0 Å². The molecule has 0 atom stereocenters. The molecule has 27 heavy (non-hydrogen) atoms. The molecule has 0 aliphatic carbocycles. The molecule has 3 aromatic rings. The van der Waals surface area contributed by atoms with Gasteiger partial charge >= 0.3 is 0 Å². The van der Waals surface area contributed by atoms with Crippen LogP contribution in [0, 0.1) is 12.7 Å². The van der Waals surface area contributed by atoms with Gasteiger partial charge in [-0.05, 0) is 55.0 Å². The molecule has 0 fully saturated rings. The van der Waals surface area contributed by atoms with Crippen LogP contribution in [0.15, 0.2) is 65.7 Å². The van der Waals surface area contributed by atoms with Crippen molar-refractivity contribution in [1.29, 1.82) is 0 Å². The summed E-state index contributed by atoms with van der Waals surface area (Å²) in [5, 5.41) is 3.15. The fourth-order valence-electron chi connectivity index (χ4n) is 2.41. The van der Waals surface area contributed by atoms with Crippen LogP contribution < -0.4 is 14.8 Å². The first-order valence-electron chi connectivity index (χ1n) is 8.04. The lowest BCUT2D eigenvalue weighted by Gasteiger charge is -2.12. The Labute approximate surface area is 157 Å². The number of pyridine rings is 1. The van der Waals surface area contributed by atoms with Gasteiger partial charge in [0.25, 0.3) is 10.0 Å². The van der Waals surface area contributed by atoms with E-state index in [1.54, 1.807) is 13.2 Å². The van der Waals surface area contributed by atoms with E-state index in [0.717, 1.165) is 11.8 Å². The molecule has 3 rings (SSSR count). The number of hydrogen-bond acceptors (Lipinski definition) is 5. The van der Waals surface area contributed by atoms with Crippen molar-refractivity contribution in [2.45, 2.75) is 11.8 Å². The van der Waals surface area contributed by atoms with Gasteiger partial charge in [0.05, 0.1) is 29.6 Å². The maximum Gasteiger partial charge on any atom is 0.263 e. The molecule has 8 heteroatoms. The van der Waals surface area contributed by atoms with Gasteiger partial charge in [-0.2, -0.15) is 0 Å². The third-order valence-electron chi connectivity index (χ3n) is 3.83. The normalized spacial score (nSPS) is 11.1. The molecule has 1 aromatic heterocycles. The summed E-state index contributed by atoms with van der Waals surface area (Å²) in [7, 11) is -2.28. The van der Waals surface area contributed by atoms with Gasteiger partial charge in [-0.25, -0.2) is 17.8 Å². The SMILES string of the molecule is COc1ccccc1Nc1ccc(NS(=O)(=O)c2ccc(F)c(C)c2)nc1. The average Bonchev–Trinajstić information content (AvgIpc) is 2.65. The van der Waals surface area contributed by atoms with E-state index in [2.05, 4.69) is 15.0 Å². The van der Waals surface area contributed by atoms with Crippen LogP contribution in [0.3, 0.4) is 0 Å². The van der Waals surface area contributed by atoms with Crippen molar-refractivity contribution in [2.24, 2.45) is 0 Å². The number of sulfonamides is 1. The maximum absolute atomic E-state index is 13.3. The highest BCUT2D eigenvalue weighted by Crippen LogP contribution is 2.27. The van der Waals surface area contributed by atoms with Crippen LogP contribution in [0.25, 0.3) is 0 Å². The van der Waals surface area contributed by atoms with Crippen molar-refractivity contribution >= 4 is 27.2 Å². The summed E-state index contributed by atoms with van der Waals surface area (Å²) in [5.74, 6) is 0.371. The lowest BCUT2D eigenvalue weighted by Crippen LogP contribution is -2.14. The molecule has 0 aliphatic rings. The Morgan fingerprint density at radius 2 is 1.85 bits per heavy atom. The van der Waals surface area contributed by atoms with Gasteiger partial charge in [-0.15, -0.1) is 0 Å². The van der Waals surface area contributed by atoms with E-state index in [1.807, 2.05) is 24.3 Å². The number of aromatic nitrogens is 1. The largest absolute Gasteiger partial charge is 0.495 e. The molecule has 0 amide bonds. The number of halogens is 1. The van der Waals surface area contributed by atoms with E-state index in [4.69, 9.17) is 4.74 Å². The summed E-state index contributed by atoms with van der Waals surface area (Å²) >= 11 is 0. The molecule has 140 valence electrons. The van der Waals surface area contributed by atoms with Gasteiger partial charge in [0.15, 0.2) is 0 Å². The Kier molecular flexibility index (Phi) is 5.27. The zero-order valence-corrected chi connectivity index (χ0v) is 15.5. The number of benzene rings is 2. The minimum absolute atomic E-state index is 0.0283. The van der Waals surface area contributed by atoms with Gasteiger partial charge in [0.2, 0.25) is 0 Å². The van der Waals surface area contributed by atoms with Gasteiger partial charge in [-0.1, -0.05) is 12.1 Å². The van der Waals surface area contributed by atoms with Crippen LogP contribution in [0.1, 0.15) is 5.56 Å². The summed E-state index contributed by atoms with van der Waals surface area (Å²) < 4.78 is 45.8. The Hall–Kier alpha value is -3.13. The van der Waals surface area contributed by atoms with Crippen molar-refractivity contribution in [3.8, 4) is 5.75 Å². The molecule has 2 N–H and O–H groups in total. The minimum atomic E-state index is -3.85. The van der Waals surface area contributed by atoms with E-state index in [-0.39, 0.29) is 16.3 Å². The van der Waals surface area contributed by atoms with Crippen LogP contribution in [0.2, 0.25) is 0 Å². The molecule has 1 heterocycles. The lowest BCUT2D eigenvalue weighted by molar-refractivity contribution is 0.417. The van der Waals surface area contributed by atoms with E-state index < -0.39 is 15.8 Å². The number of anilines is 3. The lowest BCUT2D eigenvalue weighted by atomic mass is 10.2. The summed E-state index contributed by atoms with van der Waals surface area (Å²) in [6.45, 7) is 1.50. The molecular formula is C19H18FN3O3S. The smallest absolute Gasteiger partial charge is 0.263 e. The van der Waals surface area contributed by atoms with Crippen molar-refractivity contribution in [3.05, 3.63) is 72.2 Å². The fraction of sp³-hybridized carbons (Fsp3) is 0.105. The Morgan fingerprint density at radius 3 is 2.52 bits per heavy atom. The maximum atomic E-state index is 13.3. The van der Waals surface area contributed by atoms with Crippen molar-refractivity contribution < 1.29 is 17.5 Å². The number of methoxy groups -OCH3 is 1. The zero-order valence-electron chi connectivity index (χ0n) is 14.7. The molecule has 0 saturated heterocycles. The highest BCUT2D eigenvalue weighted by Gasteiger charge is 2.16. The molecule has 6 nitrogen and oxygen atoms in total. The summed E-state index contributed by atoms with van der Waals surface area (Å²) in [4.78, 5) is 4.09. The quantitative estimate of drug-likeness (QED) is 0.666. The first-order chi connectivity index (χ1) is 12.9. The predicted octanol–water partition coefficient (Wildman–Crippen LogP) is 4.08. The van der Waals surface area contributed by atoms with Crippen LogP contribution in [0.5, 0.6) is 5.75 Å². The van der Waals surface area contributed by atoms with Crippen LogP contribution >= 0.6 is 0 Å². The fourth-order valence-corrected chi connectivity index (χ4v) is 3.51. The standard InChI is InChI=1S/C19H18FN3O3S/c1-13-11-15(8-9-16(13)20)27(24,25)23-19-10-7-14(12-21-19)22-17-5-3-4-6-18(17)26-2/h3-12,22H,1-2H3,(H,21,23). The second-order valence-corrected chi connectivity index (χ2v) is 7.46. The second-order valence-electron chi connectivity index (χ2n) is 5.77. The minimum Gasteiger partial charge on any atom is -0.495 e. The number of rotatable bonds is 6. The number of para-hydroxylation sites is 2. The average molecular weight is 387 g/mol. The van der Waals surface area contributed by atoms with Crippen molar-refractivity contribution in [3.63, 3.8) is 0 Å². The van der Waals surface area contributed by atoms with Gasteiger partial charge < -0.3 is 10.1 Å². The van der Waals surface area contributed by atoms with E-state index in [1.165, 1.54) is 31.3 Å². The molecule has 0 bridgehead atoms. The first-order valence-corrected chi connectivity index (χ1v) is 9.52. The topological polar surface area (TPSA) is 80.3 Å². The third kappa shape index (κ3) is 4.35. The van der Waals surface area contributed by atoms with Crippen LogP contribution in [-0.4, -0.2) is 20.5 Å². The van der Waals surface area contributed by atoms with Crippen molar-refractivity contribution in [1.82, 2.24) is 4.98 Å². The molecule has 0 saturated carbocycles. The number of hydrogen-bond donors (Lipinski definition) is 2. The summed E-state index contributed by atoms with van der Waals surface area (Å²) in [6, 6.07) is 14.2. The van der Waals surface area contributed by atoms with E-state index >= 15 is 0 Å². The van der Waals surface area contributed by atoms with Crippen LogP contribution in [0.4, 0.5) is 21.6 Å². The highest BCUT2D eigenvalue weighted by molar-refractivity contribution is 7.92. The zero-order chi connectivity index (χ0) is 19.4. The van der Waals surface area contributed by atoms with E-state index in [9.17, 15) is 12.8 Å². The number of aryl methyl sites for hydroxylation is 1. The predicted molar refractivity (Wildman–Crippen MR) is 102 cm³/mol. The Morgan fingerprint density at radius 1 is 1.07 bits per heavy atom. The monoisotopic (exact) mass is 387 g/mol. The third-order valence-corrected chi connectivity index (χ3v) is 5.18. The van der Waals surface area contributed by atoms with Crippen molar-refractivity contribution in [2.75, 3.05) is 17.1 Å². The number of nitrogens with zero attached hydrogens (tertiary/aromatic N) is 1. The number of nitrogens with one attached hydrogen (secondary N) is 2. The molecule has 2 aromatic carbocycles. The highest BCUT2D eigenvalue weighted by atomic mass is 32.2. The Bertz CT molecular complexity index is 1050. The first kappa shape index (κ1) is 18.7. The van der Waals surface area contributed by atoms with E-state index in [0.29, 0.717) is 11.4 Å². The van der Waals surface area contributed by atoms with Crippen LogP contribution in [-0.2, 0) is 10.0 Å². The molecular weight excluding hydrogens is 369 g/mol.